The van der Waals surface area contributed by atoms with Crippen molar-refractivity contribution in [2.24, 2.45) is 11.8 Å². The van der Waals surface area contributed by atoms with Gasteiger partial charge in [-0.05, 0) is 23.5 Å². The summed E-state index contributed by atoms with van der Waals surface area (Å²) in [5.41, 5.74) is 1.99. The molecule has 0 unspecified atom stereocenters. The summed E-state index contributed by atoms with van der Waals surface area (Å²) in [7, 11) is 0. The number of hydrogen-bond donors (Lipinski definition) is 1. The van der Waals surface area contributed by atoms with Crippen molar-refractivity contribution in [1.29, 1.82) is 0 Å². The van der Waals surface area contributed by atoms with Crippen LogP contribution in [0.5, 0.6) is 0 Å². The van der Waals surface area contributed by atoms with E-state index in [2.05, 4.69) is 55.6 Å². The Morgan fingerprint density at radius 1 is 1.00 bits per heavy atom. The number of nitrogens with one attached hydrogen (secondary N) is 1. The Labute approximate surface area is 169 Å². The summed E-state index contributed by atoms with van der Waals surface area (Å²) in [5, 5.41) is 7.17. The zero-order valence-electron chi connectivity index (χ0n) is 16.1. The van der Waals surface area contributed by atoms with Crippen LogP contribution >= 0.6 is 0 Å². The van der Waals surface area contributed by atoms with Gasteiger partial charge in [-0.15, -0.1) is 0 Å². The van der Waals surface area contributed by atoms with Crippen molar-refractivity contribution >= 4 is 11.7 Å². The number of likely N-dealkylation sites (tertiary alicyclic amines) is 2. The van der Waals surface area contributed by atoms with Crippen molar-refractivity contribution in [2.75, 3.05) is 31.5 Å². The van der Waals surface area contributed by atoms with Crippen molar-refractivity contribution in [2.45, 2.75) is 6.54 Å². The van der Waals surface area contributed by atoms with E-state index in [-0.39, 0.29) is 6.03 Å². The monoisotopic (exact) mass is 389 g/mol. The second-order valence-corrected chi connectivity index (χ2v) is 7.76. The number of carbonyl (C=O) groups is 1. The second kappa shape index (κ2) is 7.63. The van der Waals surface area contributed by atoms with Gasteiger partial charge >= 0.3 is 6.03 Å². The van der Waals surface area contributed by atoms with Crippen LogP contribution in [0.4, 0.5) is 10.5 Å². The van der Waals surface area contributed by atoms with Crippen LogP contribution in [0.1, 0.15) is 5.56 Å². The minimum Gasteiger partial charge on any atom is -0.324 e. The zero-order chi connectivity index (χ0) is 19.6. The highest BCUT2D eigenvalue weighted by Gasteiger charge is 2.41. The molecule has 2 amide bonds. The van der Waals surface area contributed by atoms with Crippen LogP contribution in [0.3, 0.4) is 0 Å². The van der Waals surface area contributed by atoms with E-state index in [1.165, 1.54) is 5.56 Å². The molecule has 148 valence electrons. The fraction of sp³-hybridized carbons (Fsp3) is 0.333. The van der Waals surface area contributed by atoms with Gasteiger partial charge in [-0.25, -0.2) is 19.4 Å². The average molecular weight is 389 g/mol. The third kappa shape index (κ3) is 3.84. The smallest absolute Gasteiger partial charge is 0.321 e. The number of fused-ring (bicyclic) bond motifs is 1. The van der Waals surface area contributed by atoms with Gasteiger partial charge in [0.05, 0.1) is 18.1 Å². The number of urea groups is 1. The quantitative estimate of drug-likeness (QED) is 0.740. The molecule has 2 fully saturated rings. The number of nitrogens with zero attached hydrogens (tertiary/aromatic N) is 6. The molecule has 8 nitrogen and oxygen atoms in total. The van der Waals surface area contributed by atoms with Crippen molar-refractivity contribution in [3.05, 3.63) is 66.7 Å². The first-order valence-corrected chi connectivity index (χ1v) is 9.89. The van der Waals surface area contributed by atoms with Gasteiger partial charge in [0.1, 0.15) is 0 Å². The van der Waals surface area contributed by atoms with E-state index in [1.807, 2.05) is 4.90 Å². The maximum absolute atomic E-state index is 12.7. The Balaban J connectivity index is 1.15. The van der Waals surface area contributed by atoms with Crippen LogP contribution in [0.15, 0.2) is 61.2 Å². The SMILES string of the molecule is O=C(Nc1cnn(-c2ncccn2)c1)N1C[C@H]2CN(Cc3ccccc3)C[C@H]2C1. The van der Waals surface area contributed by atoms with Crippen LogP contribution in [-0.2, 0) is 6.54 Å². The standard InChI is InChI=1S/C21H23N7O/c29-21(25-19-9-24-28(15-19)20-22-7-4-8-23-20)27-13-17-11-26(12-18(17)14-27)10-16-5-2-1-3-6-16/h1-9,15,17-18H,10-14H2,(H,25,29)/t17-,18+. The number of anilines is 1. The lowest BCUT2D eigenvalue weighted by molar-refractivity contribution is 0.212. The Hall–Kier alpha value is -3.26. The lowest BCUT2D eigenvalue weighted by Crippen LogP contribution is -2.36. The molecule has 4 heterocycles. The van der Waals surface area contributed by atoms with Crippen molar-refractivity contribution in [3.63, 3.8) is 0 Å². The summed E-state index contributed by atoms with van der Waals surface area (Å²) >= 11 is 0. The maximum Gasteiger partial charge on any atom is 0.321 e. The van der Waals surface area contributed by atoms with Gasteiger partial charge in [0, 0.05) is 45.1 Å². The molecule has 2 atom stereocenters. The summed E-state index contributed by atoms with van der Waals surface area (Å²) in [5.74, 6) is 1.57. The average Bonchev–Trinajstić information content (AvgIpc) is 3.44. The number of rotatable bonds is 4. The fourth-order valence-corrected chi connectivity index (χ4v) is 4.34. The molecular formula is C21H23N7O. The number of amides is 2. The molecule has 0 aliphatic carbocycles. The Kier molecular flexibility index (Phi) is 4.69. The Morgan fingerprint density at radius 3 is 2.45 bits per heavy atom. The molecule has 2 aromatic heterocycles. The van der Waals surface area contributed by atoms with Crippen LogP contribution in [0.25, 0.3) is 5.95 Å². The van der Waals surface area contributed by atoms with Gasteiger partial charge in [0.2, 0.25) is 5.95 Å². The fourth-order valence-electron chi connectivity index (χ4n) is 4.34. The molecule has 0 bridgehead atoms. The van der Waals surface area contributed by atoms with Crippen LogP contribution < -0.4 is 5.32 Å². The van der Waals surface area contributed by atoms with Crippen molar-refractivity contribution in [1.82, 2.24) is 29.5 Å². The topological polar surface area (TPSA) is 79.2 Å². The van der Waals surface area contributed by atoms with E-state index in [0.717, 1.165) is 32.7 Å². The van der Waals surface area contributed by atoms with E-state index in [9.17, 15) is 4.79 Å². The molecule has 0 saturated carbocycles. The summed E-state index contributed by atoms with van der Waals surface area (Å²) in [6.45, 7) is 4.69. The van der Waals surface area contributed by atoms with Gasteiger partial charge in [-0.1, -0.05) is 30.3 Å². The first-order valence-electron chi connectivity index (χ1n) is 9.89. The maximum atomic E-state index is 12.7. The van der Waals surface area contributed by atoms with Crippen LogP contribution in [0.2, 0.25) is 0 Å². The number of hydrogen-bond acceptors (Lipinski definition) is 5. The molecule has 8 heteroatoms. The zero-order valence-corrected chi connectivity index (χ0v) is 16.1. The Bertz CT molecular complexity index is 961. The first kappa shape index (κ1) is 17.8. The number of aromatic nitrogens is 4. The lowest BCUT2D eigenvalue weighted by atomic mass is 10.0. The highest BCUT2D eigenvalue weighted by Crippen LogP contribution is 2.32. The molecule has 5 rings (SSSR count). The van der Waals surface area contributed by atoms with Gasteiger partial charge in [-0.2, -0.15) is 5.10 Å². The summed E-state index contributed by atoms with van der Waals surface area (Å²) in [4.78, 5) is 25.4. The number of benzene rings is 1. The van der Waals surface area contributed by atoms with Crippen LogP contribution in [0, 0.1) is 11.8 Å². The van der Waals surface area contributed by atoms with E-state index >= 15 is 0 Å². The molecule has 29 heavy (non-hydrogen) atoms. The first-order chi connectivity index (χ1) is 14.2. The highest BCUT2D eigenvalue weighted by atomic mass is 16.2. The van der Waals surface area contributed by atoms with E-state index in [4.69, 9.17) is 0 Å². The van der Waals surface area contributed by atoms with Gasteiger partial charge in [0.15, 0.2) is 0 Å². The second-order valence-electron chi connectivity index (χ2n) is 7.76. The van der Waals surface area contributed by atoms with Crippen molar-refractivity contribution < 1.29 is 4.79 Å². The largest absolute Gasteiger partial charge is 0.324 e. The molecule has 0 spiro atoms. The third-order valence-electron chi connectivity index (χ3n) is 5.69. The van der Waals surface area contributed by atoms with Gasteiger partial charge < -0.3 is 10.2 Å². The van der Waals surface area contributed by atoms with Crippen LogP contribution in [-0.4, -0.2) is 61.8 Å². The summed E-state index contributed by atoms with van der Waals surface area (Å²) < 4.78 is 1.55. The molecule has 1 aromatic carbocycles. The third-order valence-corrected chi connectivity index (χ3v) is 5.69. The molecular weight excluding hydrogens is 366 g/mol. The minimum absolute atomic E-state index is 0.0671. The summed E-state index contributed by atoms with van der Waals surface area (Å²) in [6.07, 6.45) is 6.66. The minimum atomic E-state index is -0.0671. The predicted molar refractivity (Wildman–Crippen MR) is 108 cm³/mol. The lowest BCUT2D eigenvalue weighted by Gasteiger charge is -2.21. The summed E-state index contributed by atoms with van der Waals surface area (Å²) in [6, 6.07) is 12.3. The molecule has 1 N–H and O–H groups in total. The molecule has 2 aliphatic rings. The van der Waals surface area contributed by atoms with Gasteiger partial charge in [-0.3, -0.25) is 4.90 Å². The highest BCUT2D eigenvalue weighted by molar-refractivity contribution is 5.89. The molecule has 2 aliphatic heterocycles. The van der Waals surface area contributed by atoms with E-state index in [0.29, 0.717) is 23.5 Å². The van der Waals surface area contributed by atoms with E-state index < -0.39 is 0 Å². The normalized spacial score (nSPS) is 21.3. The molecule has 0 radical (unpaired) electrons. The predicted octanol–water partition coefficient (Wildman–Crippen LogP) is 2.26. The van der Waals surface area contributed by atoms with E-state index in [1.54, 1.807) is 35.5 Å². The number of carbonyl (C=O) groups excluding carboxylic acids is 1. The van der Waals surface area contributed by atoms with Gasteiger partial charge in [0.25, 0.3) is 0 Å². The van der Waals surface area contributed by atoms with Crippen molar-refractivity contribution in [3.8, 4) is 5.95 Å². The Morgan fingerprint density at radius 2 is 1.72 bits per heavy atom. The molecule has 3 aromatic rings. The molecule has 2 saturated heterocycles.